The second kappa shape index (κ2) is 8.83. The fourth-order valence-corrected chi connectivity index (χ4v) is 1.03. The highest BCUT2D eigenvalue weighted by atomic mass is 35.5. The summed E-state index contributed by atoms with van der Waals surface area (Å²) in [7, 11) is -1.12. The van der Waals surface area contributed by atoms with Gasteiger partial charge in [-0.1, -0.05) is 23.2 Å². The Balaban J connectivity index is 0. The minimum Gasteiger partial charge on any atom is -0.409 e. The maximum Gasteiger partial charge on any atom is 0.529 e. The summed E-state index contributed by atoms with van der Waals surface area (Å²) >= 11 is 13.9. The summed E-state index contributed by atoms with van der Waals surface area (Å²) in [6.45, 7) is -3.81. The van der Waals surface area contributed by atoms with Crippen LogP contribution >= 0.6 is 37.7 Å². The van der Waals surface area contributed by atoms with Crippen molar-refractivity contribution in [1.29, 1.82) is 0 Å². The maximum absolute atomic E-state index is 11.0. The predicted molar refractivity (Wildman–Crippen MR) is 63.4 cm³/mol. The van der Waals surface area contributed by atoms with Crippen molar-refractivity contribution < 1.29 is 32.8 Å². The molecular weight excluding hydrogens is 325 g/mol. The summed E-state index contributed by atoms with van der Waals surface area (Å²) in [5.41, 5.74) is 0. The summed E-state index contributed by atoms with van der Waals surface area (Å²) in [5, 5.41) is 0. The van der Waals surface area contributed by atoms with Gasteiger partial charge in [0.05, 0.1) is 0 Å². The van der Waals surface area contributed by atoms with E-state index in [9.17, 15) is 4.57 Å². The third-order valence-electron chi connectivity index (χ3n) is 0.718. The molecule has 0 aliphatic carbocycles. The van der Waals surface area contributed by atoms with E-state index in [4.69, 9.17) is 37.9 Å². The Morgan fingerprint density at radius 1 is 1.25 bits per heavy atom. The van der Waals surface area contributed by atoms with E-state index in [1.54, 1.807) is 0 Å². The van der Waals surface area contributed by atoms with Crippen LogP contribution < -0.4 is 0 Å². The maximum atomic E-state index is 11.0. The van der Waals surface area contributed by atoms with E-state index in [-0.39, 0.29) is 4.49 Å². The lowest BCUT2D eigenvalue weighted by Crippen LogP contribution is -1.88. The first-order valence-corrected chi connectivity index (χ1v) is 8.11. The van der Waals surface area contributed by atoms with Crippen LogP contribution in [0.2, 0.25) is 0 Å². The van der Waals surface area contributed by atoms with Crippen molar-refractivity contribution in [3.63, 3.8) is 0 Å². The Kier molecular flexibility index (Phi) is 10.6. The molecule has 98 valence electrons. The van der Waals surface area contributed by atoms with Crippen LogP contribution in [0.1, 0.15) is 0 Å². The number of phosphoric acid groups is 1. The van der Waals surface area contributed by atoms with Crippen molar-refractivity contribution in [2.75, 3.05) is 14.2 Å². The molecule has 7 nitrogen and oxygen atoms in total. The normalized spacial score (nSPS) is 11.2. The minimum absolute atomic E-state index is 0.167. The predicted octanol–water partition coefficient (Wildman–Crippen LogP) is 1.87. The molecule has 0 rings (SSSR count). The lowest BCUT2D eigenvalue weighted by Gasteiger charge is -2.10. The molecule has 12 heteroatoms. The zero-order valence-corrected chi connectivity index (χ0v) is 12.2. The molecule has 0 aromatic carbocycles. The summed E-state index contributed by atoms with van der Waals surface area (Å²) in [4.78, 5) is 22.7. The van der Waals surface area contributed by atoms with Gasteiger partial charge in [0.2, 0.25) is 0 Å². The number of hydrogen-bond acceptors (Lipinski definition) is 5. The molecule has 0 aromatic rings. The fourth-order valence-electron chi connectivity index (χ4n) is 0.265. The molecule has 0 aliphatic rings. The topological polar surface area (TPSA) is 105 Å². The van der Waals surface area contributed by atoms with Crippen molar-refractivity contribution in [2.24, 2.45) is 0 Å². The molecule has 0 saturated carbocycles. The number of hydrogen-bond donors (Lipinski definition) is 3. The molecule has 0 spiro atoms. The van der Waals surface area contributed by atoms with Crippen LogP contribution in [0.5, 0.6) is 0 Å². The Bertz CT molecular complexity index is 295. The van der Waals surface area contributed by atoms with Crippen LogP contribution in [0.3, 0.4) is 0 Å². The van der Waals surface area contributed by atoms with Crippen molar-refractivity contribution in [2.45, 2.75) is 0 Å². The molecule has 0 atom stereocenters. The van der Waals surface area contributed by atoms with Gasteiger partial charge in [0, 0.05) is 14.2 Å². The van der Waals surface area contributed by atoms with Gasteiger partial charge in [-0.25, -0.2) is 4.57 Å². The number of phosphoric ester groups is 1. The zero-order chi connectivity index (χ0) is 13.4. The fraction of sp³-hybridized carbons (Fsp3) is 0.500. The molecule has 0 radical (unpaired) electrons. The average molecular weight is 335 g/mol. The van der Waals surface area contributed by atoms with Gasteiger partial charge >= 0.3 is 14.5 Å². The Hall–Kier alpha value is 0.800. The van der Waals surface area contributed by atoms with E-state index >= 15 is 0 Å². The van der Waals surface area contributed by atoms with E-state index in [1.165, 1.54) is 14.2 Å². The first kappa shape index (κ1) is 19.1. The molecule has 16 heavy (non-hydrogen) atoms. The van der Waals surface area contributed by atoms with Crippen LogP contribution in [-0.4, -0.2) is 28.9 Å². The molecule has 0 aromatic heterocycles. The average Bonchev–Trinajstić information content (AvgIpc) is 2.11. The van der Waals surface area contributed by atoms with Gasteiger partial charge in [-0.15, -0.1) is 0 Å². The molecule has 0 aliphatic heterocycles. The Labute approximate surface area is 107 Å². The van der Waals surface area contributed by atoms with Gasteiger partial charge in [0.25, 0.3) is 0 Å². The van der Waals surface area contributed by atoms with Gasteiger partial charge in [0.1, 0.15) is 10.8 Å². The van der Waals surface area contributed by atoms with Gasteiger partial charge in [-0.05, 0) is 11.8 Å². The third kappa shape index (κ3) is 17.2. The largest absolute Gasteiger partial charge is 0.529 e. The van der Waals surface area contributed by atoms with E-state index < -0.39 is 14.5 Å². The first-order valence-electron chi connectivity index (χ1n) is 3.23. The number of rotatable bonds is 4. The monoisotopic (exact) mass is 334 g/mol. The van der Waals surface area contributed by atoms with Crippen LogP contribution in [0.25, 0.3) is 0 Å². The molecule has 0 bridgehead atoms. The summed E-state index contributed by atoms with van der Waals surface area (Å²) in [5.74, 6) is 0. The highest BCUT2D eigenvalue weighted by Gasteiger charge is 2.22. The standard InChI is InChI=1S/C4H7Cl2O4P.H3O3PS/c1-8-11(7,9-2)10-3-4(5)6;1-4(2,3)5/h3H,1-2H3;(H3,1,2,3,5). The van der Waals surface area contributed by atoms with Crippen molar-refractivity contribution in [3.05, 3.63) is 10.8 Å². The molecule has 0 amide bonds. The lowest BCUT2D eigenvalue weighted by atomic mass is 11.2. The van der Waals surface area contributed by atoms with Gasteiger partial charge < -0.3 is 19.2 Å². The highest BCUT2D eigenvalue weighted by Crippen LogP contribution is 2.48. The molecule has 0 saturated heterocycles. The highest BCUT2D eigenvalue weighted by molar-refractivity contribution is 8.06. The minimum atomic E-state index is -3.81. The van der Waals surface area contributed by atoms with E-state index in [2.05, 4.69) is 25.4 Å². The van der Waals surface area contributed by atoms with E-state index in [1.807, 2.05) is 0 Å². The van der Waals surface area contributed by atoms with Gasteiger partial charge in [-0.2, -0.15) is 0 Å². The SMILES string of the molecule is COP(=O)(OC)OC=C(Cl)Cl.OP(O)(O)=S. The second-order valence-electron chi connectivity index (χ2n) is 1.84. The Morgan fingerprint density at radius 3 is 1.75 bits per heavy atom. The van der Waals surface area contributed by atoms with Crippen molar-refractivity contribution >= 4 is 49.6 Å². The summed E-state index contributed by atoms with van der Waals surface area (Å²) in [6.07, 6.45) is 0.872. The molecule has 3 N–H and O–H groups in total. The first-order chi connectivity index (χ1) is 7.04. The van der Waals surface area contributed by atoms with Crippen LogP contribution in [-0.2, 0) is 29.9 Å². The molecule has 0 unspecified atom stereocenters. The second-order valence-corrected chi connectivity index (χ2v) is 7.18. The van der Waals surface area contributed by atoms with Crippen LogP contribution in [0.4, 0.5) is 0 Å². The number of halogens is 2. The van der Waals surface area contributed by atoms with E-state index in [0.717, 1.165) is 6.26 Å². The van der Waals surface area contributed by atoms with E-state index in [0.29, 0.717) is 0 Å². The smallest absolute Gasteiger partial charge is 0.409 e. The van der Waals surface area contributed by atoms with Crippen LogP contribution in [0, 0.1) is 0 Å². The molecular formula is C4H10Cl2O7P2S. The third-order valence-corrected chi connectivity index (χ3v) is 2.15. The quantitative estimate of drug-likeness (QED) is 0.528. The summed E-state index contributed by atoms with van der Waals surface area (Å²) < 4.78 is 24.1. The summed E-state index contributed by atoms with van der Waals surface area (Å²) in [6, 6.07) is 0. The molecule has 0 heterocycles. The van der Waals surface area contributed by atoms with Gasteiger partial charge in [0.15, 0.2) is 0 Å². The zero-order valence-electron chi connectivity index (χ0n) is 8.11. The van der Waals surface area contributed by atoms with Crippen molar-refractivity contribution in [1.82, 2.24) is 0 Å². The van der Waals surface area contributed by atoms with Crippen molar-refractivity contribution in [3.8, 4) is 0 Å². The van der Waals surface area contributed by atoms with Gasteiger partial charge in [-0.3, -0.25) is 9.05 Å². The molecule has 0 fully saturated rings. The Morgan fingerprint density at radius 2 is 1.56 bits per heavy atom. The van der Waals surface area contributed by atoms with Crippen LogP contribution in [0.15, 0.2) is 10.8 Å². The lowest BCUT2D eigenvalue weighted by molar-refractivity contribution is 0.194.